The second-order valence-electron chi connectivity index (χ2n) is 8.50. The summed E-state index contributed by atoms with van der Waals surface area (Å²) in [7, 11) is 0. The number of furan rings is 2. The molecule has 1 amide bonds. The van der Waals surface area contributed by atoms with Crippen LogP contribution in [0.2, 0.25) is 0 Å². The molecule has 7 nitrogen and oxygen atoms in total. The fourth-order valence-electron chi connectivity index (χ4n) is 4.38. The number of aromatic nitrogens is 1. The summed E-state index contributed by atoms with van der Waals surface area (Å²) >= 11 is 0. The number of rotatable bonds is 2. The minimum Gasteiger partial charge on any atom is -0.463 e. The van der Waals surface area contributed by atoms with Crippen LogP contribution in [0.4, 0.5) is 5.69 Å². The first-order chi connectivity index (χ1) is 13.9. The summed E-state index contributed by atoms with van der Waals surface area (Å²) in [6, 6.07) is 3.68. The van der Waals surface area contributed by atoms with Crippen LogP contribution in [0.3, 0.4) is 0 Å². The number of hydrogen-bond donors (Lipinski definition) is 1. The van der Waals surface area contributed by atoms with E-state index >= 15 is 0 Å². The molecule has 5 rings (SSSR count). The summed E-state index contributed by atoms with van der Waals surface area (Å²) in [6.45, 7) is 5.97. The summed E-state index contributed by atoms with van der Waals surface area (Å²) in [4.78, 5) is 19.6. The number of fused-ring (bicyclic) bond motifs is 3. The molecule has 0 unspecified atom stereocenters. The van der Waals surface area contributed by atoms with Gasteiger partial charge >= 0.3 is 0 Å². The first-order valence-electron chi connectivity index (χ1n) is 10.2. The SMILES string of the molecule is CC1(C)Cc2c(c(-c3ccco3)nc3oc(C(=O)N4CCCCC4)c(N)c23)CO1. The number of piperidine rings is 1. The molecular formula is C22H25N3O4. The van der Waals surface area contributed by atoms with Crippen molar-refractivity contribution in [1.29, 1.82) is 0 Å². The van der Waals surface area contributed by atoms with Gasteiger partial charge in [-0.2, -0.15) is 0 Å². The van der Waals surface area contributed by atoms with Gasteiger partial charge in [0.25, 0.3) is 5.91 Å². The molecule has 0 aromatic carbocycles. The minimum atomic E-state index is -0.345. The third-order valence-corrected chi connectivity index (χ3v) is 5.89. The van der Waals surface area contributed by atoms with E-state index in [1.54, 1.807) is 6.26 Å². The predicted molar refractivity (Wildman–Crippen MR) is 108 cm³/mol. The minimum absolute atomic E-state index is 0.153. The molecular weight excluding hydrogens is 370 g/mol. The van der Waals surface area contributed by atoms with Crippen LogP contribution in [-0.4, -0.2) is 34.5 Å². The predicted octanol–water partition coefficient (Wildman–Crippen LogP) is 4.15. The Bertz CT molecular complexity index is 1080. The summed E-state index contributed by atoms with van der Waals surface area (Å²) in [5.41, 5.74) is 9.54. The van der Waals surface area contributed by atoms with Crippen LogP contribution in [0, 0.1) is 0 Å². The largest absolute Gasteiger partial charge is 0.463 e. The van der Waals surface area contributed by atoms with Gasteiger partial charge in [-0.1, -0.05) is 0 Å². The van der Waals surface area contributed by atoms with E-state index in [4.69, 9.17) is 24.3 Å². The number of nitrogen functional groups attached to an aromatic ring is 1. The standard InChI is InChI=1S/C22H25N3O4/c1-22(2)11-13-14(12-28-22)18(15-7-6-10-27-15)24-20-16(13)17(23)19(29-20)21(26)25-8-4-3-5-9-25/h6-7,10H,3-5,8-9,11-12,23H2,1-2H3. The second kappa shape index (κ2) is 6.62. The smallest absolute Gasteiger partial charge is 0.291 e. The van der Waals surface area contributed by atoms with Crippen LogP contribution >= 0.6 is 0 Å². The zero-order chi connectivity index (χ0) is 20.2. The van der Waals surface area contributed by atoms with Gasteiger partial charge in [0, 0.05) is 25.1 Å². The van der Waals surface area contributed by atoms with Crippen molar-refractivity contribution >= 4 is 22.7 Å². The molecule has 2 aliphatic rings. The highest BCUT2D eigenvalue weighted by molar-refractivity contribution is 6.06. The normalized spacial score (nSPS) is 18.8. The van der Waals surface area contributed by atoms with Crippen molar-refractivity contribution in [3.05, 3.63) is 35.3 Å². The zero-order valence-corrected chi connectivity index (χ0v) is 16.8. The highest BCUT2D eigenvalue weighted by Crippen LogP contribution is 2.41. The molecule has 3 aromatic heterocycles. The number of anilines is 1. The van der Waals surface area contributed by atoms with Gasteiger partial charge in [0.05, 0.1) is 29.5 Å². The molecule has 0 aliphatic carbocycles. The van der Waals surface area contributed by atoms with Gasteiger partial charge < -0.3 is 24.2 Å². The average molecular weight is 395 g/mol. The van der Waals surface area contributed by atoms with E-state index in [1.165, 1.54) is 0 Å². The molecule has 5 heterocycles. The van der Waals surface area contributed by atoms with Gasteiger partial charge in [-0.05, 0) is 50.8 Å². The van der Waals surface area contributed by atoms with Crippen molar-refractivity contribution in [2.75, 3.05) is 18.8 Å². The highest BCUT2D eigenvalue weighted by atomic mass is 16.5. The first-order valence-corrected chi connectivity index (χ1v) is 10.2. The Morgan fingerprint density at radius 1 is 1.21 bits per heavy atom. The van der Waals surface area contributed by atoms with E-state index in [1.807, 2.05) is 30.9 Å². The molecule has 3 aromatic rings. The number of likely N-dealkylation sites (tertiary alicyclic amines) is 1. The van der Waals surface area contributed by atoms with Gasteiger partial charge in [-0.25, -0.2) is 4.98 Å². The maximum atomic E-state index is 13.1. The zero-order valence-electron chi connectivity index (χ0n) is 16.8. The average Bonchev–Trinajstić information content (AvgIpc) is 3.35. The summed E-state index contributed by atoms with van der Waals surface area (Å²) in [5.74, 6) is 0.683. The van der Waals surface area contributed by atoms with E-state index in [-0.39, 0.29) is 17.3 Å². The Kier molecular flexibility index (Phi) is 4.17. The highest BCUT2D eigenvalue weighted by Gasteiger charge is 2.34. The number of amides is 1. The molecule has 152 valence electrons. The van der Waals surface area contributed by atoms with E-state index < -0.39 is 0 Å². The maximum Gasteiger partial charge on any atom is 0.291 e. The number of pyridine rings is 1. The molecule has 1 fully saturated rings. The lowest BCUT2D eigenvalue weighted by molar-refractivity contribution is -0.0395. The van der Waals surface area contributed by atoms with Crippen molar-refractivity contribution in [3.8, 4) is 11.5 Å². The Morgan fingerprint density at radius 2 is 2.00 bits per heavy atom. The monoisotopic (exact) mass is 395 g/mol. The Labute approximate surface area is 168 Å². The van der Waals surface area contributed by atoms with Gasteiger partial charge in [0.1, 0.15) is 5.69 Å². The van der Waals surface area contributed by atoms with E-state index in [9.17, 15) is 4.79 Å². The van der Waals surface area contributed by atoms with Crippen molar-refractivity contribution in [2.24, 2.45) is 0 Å². The van der Waals surface area contributed by atoms with Crippen molar-refractivity contribution in [2.45, 2.75) is 51.7 Å². The van der Waals surface area contributed by atoms with Gasteiger partial charge in [-0.15, -0.1) is 0 Å². The summed E-state index contributed by atoms with van der Waals surface area (Å²) in [6.07, 6.45) is 5.43. The van der Waals surface area contributed by atoms with Crippen LogP contribution in [0.25, 0.3) is 22.6 Å². The molecule has 0 bridgehead atoms. The second-order valence-corrected chi connectivity index (χ2v) is 8.50. The third kappa shape index (κ3) is 3.00. The number of nitrogens with two attached hydrogens (primary N) is 1. The lowest BCUT2D eigenvalue weighted by Crippen LogP contribution is -2.35. The number of carbonyl (C=O) groups excluding carboxylic acids is 1. The summed E-state index contributed by atoms with van der Waals surface area (Å²) < 4.78 is 17.6. The van der Waals surface area contributed by atoms with Crippen LogP contribution in [0.1, 0.15) is 54.8 Å². The van der Waals surface area contributed by atoms with Gasteiger partial charge in [0.15, 0.2) is 5.76 Å². The number of ether oxygens (including phenoxy) is 1. The van der Waals surface area contributed by atoms with E-state index in [0.29, 0.717) is 35.9 Å². The van der Waals surface area contributed by atoms with Gasteiger partial charge in [-0.3, -0.25) is 4.79 Å². The molecule has 7 heteroatoms. The fourth-order valence-corrected chi connectivity index (χ4v) is 4.38. The molecule has 0 atom stereocenters. The molecule has 0 spiro atoms. The Balaban J connectivity index is 1.70. The molecule has 2 aliphatic heterocycles. The number of carbonyl (C=O) groups is 1. The van der Waals surface area contributed by atoms with Crippen LogP contribution in [-0.2, 0) is 17.8 Å². The molecule has 2 N–H and O–H groups in total. The van der Waals surface area contributed by atoms with E-state index in [2.05, 4.69) is 0 Å². The lowest BCUT2D eigenvalue weighted by atomic mass is 9.88. The number of nitrogens with zero attached hydrogens (tertiary/aromatic N) is 2. The summed E-state index contributed by atoms with van der Waals surface area (Å²) in [5, 5.41) is 0.729. The Hall–Kier alpha value is -2.80. The maximum absolute atomic E-state index is 13.1. The quantitative estimate of drug-likeness (QED) is 0.700. The van der Waals surface area contributed by atoms with Gasteiger partial charge in [0.2, 0.25) is 11.5 Å². The molecule has 0 saturated carbocycles. The van der Waals surface area contributed by atoms with Crippen LogP contribution < -0.4 is 5.73 Å². The molecule has 0 radical (unpaired) electrons. The molecule has 1 saturated heterocycles. The fraction of sp³-hybridized carbons (Fsp3) is 0.455. The number of hydrogen-bond acceptors (Lipinski definition) is 6. The topological polar surface area (TPSA) is 94.7 Å². The van der Waals surface area contributed by atoms with Crippen molar-refractivity contribution in [3.63, 3.8) is 0 Å². The van der Waals surface area contributed by atoms with Crippen molar-refractivity contribution in [1.82, 2.24) is 9.88 Å². The van der Waals surface area contributed by atoms with E-state index in [0.717, 1.165) is 48.9 Å². The van der Waals surface area contributed by atoms with Crippen LogP contribution in [0.5, 0.6) is 0 Å². The third-order valence-electron chi connectivity index (χ3n) is 5.89. The van der Waals surface area contributed by atoms with Crippen molar-refractivity contribution < 1.29 is 18.4 Å². The molecule has 29 heavy (non-hydrogen) atoms. The van der Waals surface area contributed by atoms with Crippen LogP contribution in [0.15, 0.2) is 27.2 Å². The lowest BCUT2D eigenvalue weighted by Gasteiger charge is -2.32. The first kappa shape index (κ1) is 18.2. The Morgan fingerprint density at radius 3 is 2.72 bits per heavy atom.